The van der Waals surface area contributed by atoms with Gasteiger partial charge in [-0.05, 0) is 0 Å². The number of urea groups is 1. The number of nitrogens with one attached hydrogen (secondary N) is 1. The van der Waals surface area contributed by atoms with Crippen molar-refractivity contribution < 1.29 is 19.5 Å². The van der Waals surface area contributed by atoms with Crippen molar-refractivity contribution >= 4 is 17.9 Å². The number of aromatic nitrogens is 3. The van der Waals surface area contributed by atoms with Crippen LogP contribution in [0.15, 0.2) is 6.20 Å². The van der Waals surface area contributed by atoms with Crippen LogP contribution in [0.3, 0.4) is 0 Å². The average molecular weight is 294 g/mol. The summed E-state index contributed by atoms with van der Waals surface area (Å²) in [6, 6.07) is -0.0880. The lowest BCUT2D eigenvalue weighted by Crippen LogP contribution is -2.54. The molecule has 2 saturated heterocycles. The number of hydrogen-bond donors (Lipinski definition) is 2. The summed E-state index contributed by atoms with van der Waals surface area (Å²) in [5, 5.41) is 18.6. The lowest BCUT2D eigenvalue weighted by Gasteiger charge is -2.36. The van der Waals surface area contributed by atoms with Crippen LogP contribution in [-0.2, 0) is 11.3 Å². The third-order valence-electron chi connectivity index (χ3n) is 3.64. The Bertz CT molecular complexity index is 599. The number of carbonyl (C=O) groups is 3. The summed E-state index contributed by atoms with van der Waals surface area (Å²) in [6.07, 6.45) is 1.22. The summed E-state index contributed by atoms with van der Waals surface area (Å²) in [5.74, 6) is -1.35. The van der Waals surface area contributed by atoms with Crippen LogP contribution in [0.1, 0.15) is 10.5 Å². The van der Waals surface area contributed by atoms with Crippen molar-refractivity contribution in [3.8, 4) is 0 Å². The molecule has 0 bridgehead atoms. The van der Waals surface area contributed by atoms with Gasteiger partial charge in [0.05, 0.1) is 12.2 Å². The van der Waals surface area contributed by atoms with Gasteiger partial charge in [0.15, 0.2) is 5.69 Å². The van der Waals surface area contributed by atoms with Crippen LogP contribution < -0.4 is 5.32 Å². The van der Waals surface area contributed by atoms with Crippen molar-refractivity contribution in [2.75, 3.05) is 26.2 Å². The third kappa shape index (κ3) is 2.51. The first-order valence-corrected chi connectivity index (χ1v) is 6.50. The van der Waals surface area contributed by atoms with Gasteiger partial charge in [-0.1, -0.05) is 5.21 Å². The van der Waals surface area contributed by atoms with E-state index in [1.165, 1.54) is 10.9 Å². The highest BCUT2D eigenvalue weighted by Gasteiger charge is 2.36. The summed E-state index contributed by atoms with van der Waals surface area (Å²) in [7, 11) is 0. The lowest BCUT2D eigenvalue weighted by molar-refractivity contribution is -0.134. The molecule has 2 aliphatic heterocycles. The Morgan fingerprint density at radius 2 is 2.24 bits per heavy atom. The average Bonchev–Trinajstić information content (AvgIpc) is 3.06. The second kappa shape index (κ2) is 5.04. The van der Waals surface area contributed by atoms with E-state index in [0.29, 0.717) is 26.2 Å². The highest BCUT2D eigenvalue weighted by molar-refractivity contribution is 5.85. The molecular weight excluding hydrogens is 280 g/mol. The number of hydrogen-bond acceptors (Lipinski definition) is 5. The van der Waals surface area contributed by atoms with E-state index in [9.17, 15) is 14.4 Å². The molecule has 0 saturated carbocycles. The Morgan fingerprint density at radius 1 is 1.43 bits per heavy atom. The number of carboxylic acid groups (broad SMARTS) is 1. The van der Waals surface area contributed by atoms with E-state index in [0.717, 1.165) is 0 Å². The molecule has 0 radical (unpaired) electrons. The van der Waals surface area contributed by atoms with Crippen molar-refractivity contribution in [3.63, 3.8) is 0 Å². The first kappa shape index (κ1) is 13.3. The van der Waals surface area contributed by atoms with Gasteiger partial charge in [0.2, 0.25) is 5.91 Å². The summed E-state index contributed by atoms with van der Waals surface area (Å²) >= 11 is 0. The molecule has 2 aliphatic rings. The maximum Gasteiger partial charge on any atom is 0.358 e. The first-order valence-electron chi connectivity index (χ1n) is 6.50. The van der Waals surface area contributed by atoms with Crippen LogP contribution in [0.5, 0.6) is 0 Å². The monoisotopic (exact) mass is 294 g/mol. The smallest absolute Gasteiger partial charge is 0.358 e. The Morgan fingerprint density at radius 3 is 2.95 bits per heavy atom. The van der Waals surface area contributed by atoms with Gasteiger partial charge >= 0.3 is 12.0 Å². The topological polar surface area (TPSA) is 121 Å². The molecule has 1 unspecified atom stereocenters. The number of carboxylic acids is 1. The van der Waals surface area contributed by atoms with Crippen molar-refractivity contribution in [2.24, 2.45) is 0 Å². The first-order chi connectivity index (χ1) is 10.0. The van der Waals surface area contributed by atoms with Crippen LogP contribution in [-0.4, -0.2) is 80.0 Å². The SMILES string of the molecule is O=C(O)c1cn(CC(=O)N2CCN3C(=O)NCC3C2)nn1. The van der Waals surface area contributed by atoms with Gasteiger partial charge in [-0.3, -0.25) is 4.79 Å². The maximum absolute atomic E-state index is 12.2. The molecule has 2 fully saturated rings. The number of rotatable bonds is 3. The van der Waals surface area contributed by atoms with E-state index >= 15 is 0 Å². The molecular formula is C11H14N6O4. The minimum atomic E-state index is -1.18. The van der Waals surface area contributed by atoms with Crippen LogP contribution in [0, 0.1) is 0 Å². The van der Waals surface area contributed by atoms with Crippen LogP contribution in [0.25, 0.3) is 0 Å². The molecule has 0 aromatic carbocycles. The van der Waals surface area contributed by atoms with E-state index in [-0.39, 0.29) is 30.2 Å². The molecule has 2 N–H and O–H groups in total. The van der Waals surface area contributed by atoms with E-state index in [2.05, 4.69) is 15.6 Å². The predicted octanol–water partition coefficient (Wildman–Crippen LogP) is -1.79. The second-order valence-electron chi connectivity index (χ2n) is 4.98. The largest absolute Gasteiger partial charge is 0.476 e. The zero-order chi connectivity index (χ0) is 15.0. The molecule has 1 aromatic heterocycles. The van der Waals surface area contributed by atoms with Crippen molar-refractivity contribution in [1.82, 2.24) is 30.1 Å². The standard InChI is InChI=1S/C11H14N6O4/c18-9(6-16-5-8(10(19)20)13-14-16)15-1-2-17-7(4-15)3-12-11(17)21/h5,7H,1-4,6H2,(H,12,21)(H,19,20). The van der Waals surface area contributed by atoms with Crippen LogP contribution in [0.4, 0.5) is 4.79 Å². The van der Waals surface area contributed by atoms with Crippen molar-refractivity contribution in [1.29, 1.82) is 0 Å². The summed E-state index contributed by atoms with van der Waals surface area (Å²) in [4.78, 5) is 37.7. The fraction of sp³-hybridized carbons (Fsp3) is 0.545. The zero-order valence-electron chi connectivity index (χ0n) is 11.1. The fourth-order valence-corrected chi connectivity index (χ4v) is 2.54. The van der Waals surface area contributed by atoms with E-state index in [4.69, 9.17) is 5.11 Å². The molecule has 3 amide bonds. The Labute approximate surface area is 119 Å². The zero-order valence-corrected chi connectivity index (χ0v) is 11.1. The van der Waals surface area contributed by atoms with Crippen molar-refractivity contribution in [3.05, 3.63) is 11.9 Å². The summed E-state index contributed by atoms with van der Waals surface area (Å²) < 4.78 is 1.20. The number of fused-ring (bicyclic) bond motifs is 1. The molecule has 112 valence electrons. The second-order valence-corrected chi connectivity index (χ2v) is 4.98. The Kier molecular flexibility index (Phi) is 3.20. The van der Waals surface area contributed by atoms with Gasteiger partial charge in [0.1, 0.15) is 6.54 Å². The Hall–Kier alpha value is -2.65. The summed E-state index contributed by atoms with van der Waals surface area (Å²) in [6.45, 7) is 1.91. The summed E-state index contributed by atoms with van der Waals surface area (Å²) in [5.41, 5.74) is -0.196. The quantitative estimate of drug-likeness (QED) is 0.679. The van der Waals surface area contributed by atoms with Gasteiger partial charge in [0.25, 0.3) is 0 Å². The highest BCUT2D eigenvalue weighted by atomic mass is 16.4. The number of amides is 3. The molecule has 3 heterocycles. The predicted molar refractivity (Wildman–Crippen MR) is 67.5 cm³/mol. The molecule has 10 heteroatoms. The molecule has 0 aliphatic carbocycles. The van der Waals surface area contributed by atoms with E-state index in [1.807, 2.05) is 0 Å². The minimum Gasteiger partial charge on any atom is -0.476 e. The number of carbonyl (C=O) groups excluding carboxylic acids is 2. The molecule has 1 atom stereocenters. The van der Waals surface area contributed by atoms with Gasteiger partial charge in [-0.2, -0.15) is 0 Å². The number of piperazine rings is 1. The van der Waals surface area contributed by atoms with Gasteiger partial charge in [0, 0.05) is 26.2 Å². The molecule has 0 spiro atoms. The van der Waals surface area contributed by atoms with Gasteiger partial charge in [-0.15, -0.1) is 5.10 Å². The molecule has 21 heavy (non-hydrogen) atoms. The highest BCUT2D eigenvalue weighted by Crippen LogP contribution is 2.14. The number of nitrogens with zero attached hydrogens (tertiary/aromatic N) is 5. The van der Waals surface area contributed by atoms with Gasteiger partial charge < -0.3 is 20.2 Å². The van der Waals surface area contributed by atoms with Crippen molar-refractivity contribution in [2.45, 2.75) is 12.6 Å². The van der Waals surface area contributed by atoms with Crippen LogP contribution >= 0.6 is 0 Å². The van der Waals surface area contributed by atoms with E-state index in [1.54, 1.807) is 9.80 Å². The third-order valence-corrected chi connectivity index (χ3v) is 3.64. The molecule has 10 nitrogen and oxygen atoms in total. The van der Waals surface area contributed by atoms with E-state index < -0.39 is 5.97 Å². The number of aromatic carboxylic acids is 1. The molecule has 1 aromatic rings. The maximum atomic E-state index is 12.2. The normalized spacial score (nSPS) is 21.1. The Balaban J connectivity index is 1.60. The lowest BCUT2D eigenvalue weighted by atomic mass is 10.2. The minimum absolute atomic E-state index is 0.000488. The fourth-order valence-electron chi connectivity index (χ4n) is 2.54. The van der Waals surface area contributed by atoms with Gasteiger partial charge in [-0.25, -0.2) is 14.3 Å². The van der Waals surface area contributed by atoms with Crippen LogP contribution in [0.2, 0.25) is 0 Å². The molecule has 3 rings (SSSR count).